The maximum absolute atomic E-state index is 12.9. The van der Waals surface area contributed by atoms with Crippen LogP contribution in [0.1, 0.15) is 58.3 Å². The summed E-state index contributed by atoms with van der Waals surface area (Å²) in [5.41, 5.74) is 0. The Labute approximate surface area is 143 Å². The molecule has 6 heteroatoms. The molecule has 0 N–H and O–H groups in total. The highest BCUT2D eigenvalue weighted by Gasteiger charge is 2.46. The van der Waals surface area contributed by atoms with Crippen LogP contribution in [0.15, 0.2) is 0 Å². The topological polar surface area (TPSA) is 66.9 Å². The van der Waals surface area contributed by atoms with E-state index in [0.29, 0.717) is 13.2 Å². The monoisotopic (exact) mass is 336 g/mol. The van der Waals surface area contributed by atoms with Gasteiger partial charge in [-0.2, -0.15) is 0 Å². The molecular formula is C18H28N2O4. The van der Waals surface area contributed by atoms with Crippen molar-refractivity contribution in [3.05, 3.63) is 0 Å². The van der Waals surface area contributed by atoms with E-state index in [1.807, 2.05) is 4.90 Å². The second kappa shape index (κ2) is 7.64. The number of esters is 1. The van der Waals surface area contributed by atoms with Crippen molar-refractivity contribution in [2.45, 2.75) is 70.4 Å². The van der Waals surface area contributed by atoms with E-state index in [1.165, 1.54) is 11.3 Å². The molecule has 0 bridgehead atoms. The number of amides is 2. The van der Waals surface area contributed by atoms with Crippen molar-refractivity contribution in [1.29, 1.82) is 0 Å². The predicted molar refractivity (Wildman–Crippen MR) is 88.1 cm³/mol. The number of carbonyl (C=O) groups excluding carboxylic acids is 3. The first-order valence-electron chi connectivity index (χ1n) is 9.38. The molecule has 3 aliphatic rings. The van der Waals surface area contributed by atoms with Gasteiger partial charge in [-0.1, -0.05) is 19.3 Å². The molecule has 1 aliphatic carbocycles. The lowest BCUT2D eigenvalue weighted by molar-refractivity contribution is -0.151. The van der Waals surface area contributed by atoms with Crippen LogP contribution in [-0.4, -0.2) is 59.4 Å². The molecule has 0 aromatic carbocycles. The largest absolute Gasteiger partial charge is 0.466 e. The molecule has 2 heterocycles. The summed E-state index contributed by atoms with van der Waals surface area (Å²) in [4.78, 5) is 40.9. The molecule has 6 nitrogen and oxygen atoms in total. The van der Waals surface area contributed by atoms with Crippen LogP contribution in [0.3, 0.4) is 0 Å². The lowest BCUT2D eigenvalue weighted by Crippen LogP contribution is -2.50. The third-order valence-electron chi connectivity index (χ3n) is 5.61. The highest BCUT2D eigenvalue weighted by atomic mass is 16.5. The number of piperidine rings is 1. The zero-order valence-electron chi connectivity index (χ0n) is 14.5. The lowest BCUT2D eigenvalue weighted by atomic mass is 9.94. The van der Waals surface area contributed by atoms with Gasteiger partial charge in [0, 0.05) is 12.6 Å². The Morgan fingerprint density at radius 2 is 1.88 bits per heavy atom. The van der Waals surface area contributed by atoms with E-state index in [9.17, 15) is 14.4 Å². The molecule has 0 aromatic rings. The molecular weight excluding hydrogens is 308 g/mol. The fourth-order valence-electron chi connectivity index (χ4n) is 4.38. The van der Waals surface area contributed by atoms with Crippen molar-refractivity contribution in [2.24, 2.45) is 5.92 Å². The Bertz CT molecular complexity index is 501. The van der Waals surface area contributed by atoms with Crippen molar-refractivity contribution in [3.63, 3.8) is 0 Å². The van der Waals surface area contributed by atoms with Crippen LogP contribution in [0.2, 0.25) is 0 Å². The van der Waals surface area contributed by atoms with Crippen LogP contribution in [0.5, 0.6) is 0 Å². The molecule has 2 amide bonds. The molecule has 3 rings (SSSR count). The Balaban J connectivity index is 1.65. The number of likely N-dealkylation sites (tertiary alicyclic amines) is 2. The van der Waals surface area contributed by atoms with Crippen molar-refractivity contribution in [3.8, 4) is 0 Å². The second-order valence-electron chi connectivity index (χ2n) is 7.20. The molecule has 2 unspecified atom stereocenters. The van der Waals surface area contributed by atoms with Crippen molar-refractivity contribution in [1.82, 2.24) is 9.80 Å². The summed E-state index contributed by atoms with van der Waals surface area (Å²) in [5, 5.41) is 0. The smallest absolute Gasteiger partial charge is 0.310 e. The first-order valence-corrected chi connectivity index (χ1v) is 9.38. The molecule has 134 valence electrons. The quantitative estimate of drug-likeness (QED) is 0.578. The van der Waals surface area contributed by atoms with E-state index in [2.05, 4.69) is 0 Å². The van der Waals surface area contributed by atoms with Gasteiger partial charge in [-0.3, -0.25) is 24.2 Å². The maximum Gasteiger partial charge on any atom is 0.310 e. The zero-order chi connectivity index (χ0) is 17.1. The van der Waals surface area contributed by atoms with E-state index in [0.717, 1.165) is 45.1 Å². The minimum Gasteiger partial charge on any atom is -0.466 e. The van der Waals surface area contributed by atoms with E-state index in [4.69, 9.17) is 4.74 Å². The van der Waals surface area contributed by atoms with Gasteiger partial charge in [0.2, 0.25) is 11.8 Å². The molecule has 0 radical (unpaired) electrons. The van der Waals surface area contributed by atoms with Gasteiger partial charge in [-0.15, -0.1) is 0 Å². The summed E-state index contributed by atoms with van der Waals surface area (Å²) in [7, 11) is 0. The van der Waals surface area contributed by atoms with Crippen LogP contribution < -0.4 is 0 Å². The molecule has 2 saturated heterocycles. The highest BCUT2D eigenvalue weighted by Crippen LogP contribution is 2.31. The van der Waals surface area contributed by atoms with Crippen molar-refractivity contribution < 1.29 is 19.1 Å². The standard InChI is InChI=1S/C18H28N2O4/c1-2-24-18(23)13-7-6-10-19(12-13)15-11-16(21)20(17(15)22)14-8-4-3-5-9-14/h13-15H,2-12H2,1H3. The van der Waals surface area contributed by atoms with Gasteiger partial charge >= 0.3 is 5.97 Å². The van der Waals surface area contributed by atoms with Gasteiger partial charge < -0.3 is 4.74 Å². The number of hydrogen-bond donors (Lipinski definition) is 0. The van der Waals surface area contributed by atoms with Crippen molar-refractivity contribution >= 4 is 17.8 Å². The Morgan fingerprint density at radius 1 is 1.12 bits per heavy atom. The summed E-state index contributed by atoms with van der Waals surface area (Å²) in [6.45, 7) is 3.49. The van der Waals surface area contributed by atoms with Crippen LogP contribution >= 0.6 is 0 Å². The third kappa shape index (κ3) is 3.48. The van der Waals surface area contributed by atoms with E-state index >= 15 is 0 Å². The first-order chi connectivity index (χ1) is 11.6. The number of ether oxygens (including phenoxy) is 1. The van der Waals surface area contributed by atoms with Crippen molar-refractivity contribution in [2.75, 3.05) is 19.7 Å². The van der Waals surface area contributed by atoms with Gasteiger partial charge in [-0.25, -0.2) is 0 Å². The number of carbonyl (C=O) groups is 3. The maximum atomic E-state index is 12.9. The average Bonchev–Trinajstić information content (AvgIpc) is 2.90. The Kier molecular flexibility index (Phi) is 5.54. The van der Waals surface area contributed by atoms with Gasteiger partial charge in [0.1, 0.15) is 0 Å². The van der Waals surface area contributed by atoms with Gasteiger partial charge in [0.05, 0.1) is 25.0 Å². The summed E-state index contributed by atoms with van der Waals surface area (Å²) in [6, 6.07) is -0.286. The average molecular weight is 336 g/mol. The van der Waals surface area contributed by atoms with Crippen LogP contribution in [0.4, 0.5) is 0 Å². The van der Waals surface area contributed by atoms with Gasteiger partial charge in [0.25, 0.3) is 0 Å². The third-order valence-corrected chi connectivity index (χ3v) is 5.61. The van der Waals surface area contributed by atoms with E-state index in [1.54, 1.807) is 6.92 Å². The zero-order valence-corrected chi connectivity index (χ0v) is 14.5. The van der Waals surface area contributed by atoms with Gasteiger partial charge in [-0.05, 0) is 39.2 Å². The number of rotatable bonds is 4. The van der Waals surface area contributed by atoms with Gasteiger partial charge in [0.15, 0.2) is 0 Å². The number of nitrogens with zero attached hydrogens (tertiary/aromatic N) is 2. The summed E-state index contributed by atoms with van der Waals surface area (Å²) < 4.78 is 5.13. The molecule has 2 aliphatic heterocycles. The molecule has 2 atom stereocenters. The fourth-order valence-corrected chi connectivity index (χ4v) is 4.38. The normalized spacial score (nSPS) is 30.0. The first kappa shape index (κ1) is 17.4. The highest BCUT2D eigenvalue weighted by molar-refractivity contribution is 6.05. The molecule has 0 aromatic heterocycles. The van der Waals surface area contributed by atoms with Crippen LogP contribution in [0.25, 0.3) is 0 Å². The summed E-state index contributed by atoms with van der Waals surface area (Å²) in [6.07, 6.45) is 7.21. The minimum atomic E-state index is -0.378. The summed E-state index contributed by atoms with van der Waals surface area (Å²) >= 11 is 0. The number of imide groups is 1. The molecule has 24 heavy (non-hydrogen) atoms. The Morgan fingerprint density at radius 3 is 2.58 bits per heavy atom. The van der Waals surface area contributed by atoms with E-state index < -0.39 is 0 Å². The predicted octanol–water partition coefficient (Wildman–Crippen LogP) is 1.72. The second-order valence-corrected chi connectivity index (χ2v) is 7.20. The molecule has 1 saturated carbocycles. The SMILES string of the molecule is CCOC(=O)C1CCCN(C2CC(=O)N(C3CCCCC3)C2=O)C1. The van der Waals surface area contributed by atoms with Crippen LogP contribution in [-0.2, 0) is 19.1 Å². The van der Waals surface area contributed by atoms with E-state index in [-0.39, 0.29) is 42.2 Å². The number of hydrogen-bond acceptors (Lipinski definition) is 5. The summed E-state index contributed by atoms with van der Waals surface area (Å²) in [5.74, 6) is -0.431. The minimum absolute atomic E-state index is 0.0323. The van der Waals surface area contributed by atoms with Crippen LogP contribution in [0, 0.1) is 5.92 Å². The molecule has 3 fully saturated rings. The lowest BCUT2D eigenvalue weighted by Gasteiger charge is -2.35. The Hall–Kier alpha value is -1.43. The fraction of sp³-hybridized carbons (Fsp3) is 0.833. The molecule has 0 spiro atoms.